The van der Waals surface area contributed by atoms with Crippen LogP contribution in [-0.4, -0.2) is 19.3 Å². The number of para-hydroxylation sites is 1. The average molecular weight is 274 g/mol. The van der Waals surface area contributed by atoms with Gasteiger partial charge in [0, 0.05) is 0 Å². The Kier molecular flexibility index (Phi) is 4.91. The molecule has 0 unspecified atom stereocenters. The van der Waals surface area contributed by atoms with Gasteiger partial charge in [-0.3, -0.25) is 0 Å². The van der Waals surface area contributed by atoms with Gasteiger partial charge in [0.05, 0.1) is 22.9 Å². The summed E-state index contributed by atoms with van der Waals surface area (Å²) in [7, 11) is 0. The van der Waals surface area contributed by atoms with Crippen LogP contribution in [0.3, 0.4) is 0 Å². The van der Waals surface area contributed by atoms with E-state index in [9.17, 15) is 0 Å². The third-order valence-electron chi connectivity index (χ3n) is 1.78. The summed E-state index contributed by atoms with van der Waals surface area (Å²) in [5.74, 6) is 0.685. The fourth-order valence-electron chi connectivity index (χ4n) is 1.11. The summed E-state index contributed by atoms with van der Waals surface area (Å²) < 4.78 is 11.8. The zero-order chi connectivity index (χ0) is 11.3. The number of halogens is 1. The number of benzene rings is 1. The van der Waals surface area contributed by atoms with Gasteiger partial charge in [0.15, 0.2) is 5.75 Å². The molecule has 0 fully saturated rings. The van der Waals surface area contributed by atoms with Crippen LogP contribution in [0.5, 0.6) is 5.75 Å². The Balaban J connectivity index is 2.43. The van der Waals surface area contributed by atoms with Gasteiger partial charge in [-0.2, -0.15) is 0 Å². The molecular formula is C11H16BrNO2. The number of anilines is 1. The van der Waals surface area contributed by atoms with Gasteiger partial charge in [0.1, 0.15) is 6.61 Å². The van der Waals surface area contributed by atoms with Crippen LogP contribution < -0.4 is 10.5 Å². The second-order valence-corrected chi connectivity index (χ2v) is 4.28. The molecule has 0 heterocycles. The molecule has 0 aromatic heterocycles. The molecule has 1 rings (SSSR count). The van der Waals surface area contributed by atoms with E-state index < -0.39 is 0 Å². The number of hydrogen-bond acceptors (Lipinski definition) is 3. The van der Waals surface area contributed by atoms with E-state index in [1.165, 1.54) is 0 Å². The quantitative estimate of drug-likeness (QED) is 0.663. The van der Waals surface area contributed by atoms with Crippen molar-refractivity contribution in [2.24, 2.45) is 0 Å². The van der Waals surface area contributed by atoms with Crippen molar-refractivity contribution in [2.75, 3.05) is 18.9 Å². The van der Waals surface area contributed by atoms with Crippen LogP contribution in [0.1, 0.15) is 13.8 Å². The third kappa shape index (κ3) is 4.10. The molecule has 1 aromatic rings. The van der Waals surface area contributed by atoms with E-state index in [2.05, 4.69) is 15.9 Å². The van der Waals surface area contributed by atoms with Gasteiger partial charge in [-0.15, -0.1) is 0 Å². The molecule has 0 aliphatic carbocycles. The SMILES string of the molecule is CC(C)OCCOc1c(N)cccc1Br. The van der Waals surface area contributed by atoms with Crippen molar-refractivity contribution < 1.29 is 9.47 Å². The van der Waals surface area contributed by atoms with E-state index in [-0.39, 0.29) is 6.10 Å². The summed E-state index contributed by atoms with van der Waals surface area (Å²) in [6, 6.07) is 5.58. The predicted octanol–water partition coefficient (Wildman–Crippen LogP) is 2.84. The minimum atomic E-state index is 0.227. The Hall–Kier alpha value is -0.740. The van der Waals surface area contributed by atoms with E-state index in [0.29, 0.717) is 24.7 Å². The molecule has 0 radical (unpaired) electrons. The summed E-state index contributed by atoms with van der Waals surface area (Å²) >= 11 is 3.38. The van der Waals surface area contributed by atoms with Gasteiger partial charge in [-0.1, -0.05) is 6.07 Å². The molecule has 0 atom stereocenters. The van der Waals surface area contributed by atoms with Crippen molar-refractivity contribution in [1.29, 1.82) is 0 Å². The van der Waals surface area contributed by atoms with Crippen molar-refractivity contribution >= 4 is 21.6 Å². The van der Waals surface area contributed by atoms with Gasteiger partial charge < -0.3 is 15.2 Å². The monoisotopic (exact) mass is 273 g/mol. The Morgan fingerprint density at radius 1 is 1.33 bits per heavy atom. The lowest BCUT2D eigenvalue weighted by atomic mass is 10.3. The molecule has 0 aliphatic heterocycles. The Bertz CT molecular complexity index is 295. The highest BCUT2D eigenvalue weighted by Crippen LogP contribution is 2.30. The minimum absolute atomic E-state index is 0.227. The van der Waals surface area contributed by atoms with Gasteiger partial charge in [-0.05, 0) is 41.9 Å². The summed E-state index contributed by atoms with van der Waals surface area (Å²) in [4.78, 5) is 0. The Labute approximate surface area is 98.7 Å². The second kappa shape index (κ2) is 5.98. The molecule has 0 aliphatic rings. The molecule has 0 saturated heterocycles. The smallest absolute Gasteiger partial charge is 0.156 e. The number of hydrogen-bond donors (Lipinski definition) is 1. The molecule has 0 saturated carbocycles. The highest BCUT2D eigenvalue weighted by Gasteiger charge is 2.04. The first kappa shape index (κ1) is 12.3. The molecular weight excluding hydrogens is 258 g/mol. The van der Waals surface area contributed by atoms with Crippen LogP contribution in [0.15, 0.2) is 22.7 Å². The lowest BCUT2D eigenvalue weighted by Gasteiger charge is -2.12. The Morgan fingerprint density at radius 3 is 2.67 bits per heavy atom. The van der Waals surface area contributed by atoms with E-state index in [0.717, 1.165) is 4.47 Å². The molecule has 4 heteroatoms. The molecule has 0 amide bonds. The highest BCUT2D eigenvalue weighted by molar-refractivity contribution is 9.10. The van der Waals surface area contributed by atoms with E-state index >= 15 is 0 Å². The first-order valence-corrected chi connectivity index (χ1v) is 5.69. The maximum atomic E-state index is 5.77. The zero-order valence-electron chi connectivity index (χ0n) is 9.00. The summed E-state index contributed by atoms with van der Waals surface area (Å²) in [6.45, 7) is 5.06. The molecule has 0 bridgehead atoms. The molecule has 0 spiro atoms. The van der Waals surface area contributed by atoms with Crippen molar-refractivity contribution in [1.82, 2.24) is 0 Å². The molecule has 2 N–H and O–H groups in total. The zero-order valence-corrected chi connectivity index (χ0v) is 10.6. The van der Waals surface area contributed by atoms with Gasteiger partial charge in [-0.25, -0.2) is 0 Å². The lowest BCUT2D eigenvalue weighted by molar-refractivity contribution is 0.0553. The first-order chi connectivity index (χ1) is 7.11. The largest absolute Gasteiger partial charge is 0.488 e. The summed E-state index contributed by atoms with van der Waals surface area (Å²) in [5, 5.41) is 0. The van der Waals surface area contributed by atoms with Crippen LogP contribution in [0.4, 0.5) is 5.69 Å². The van der Waals surface area contributed by atoms with Crippen molar-refractivity contribution in [3.63, 3.8) is 0 Å². The normalized spacial score (nSPS) is 10.7. The topological polar surface area (TPSA) is 44.5 Å². The first-order valence-electron chi connectivity index (χ1n) is 4.89. The number of ether oxygens (including phenoxy) is 2. The minimum Gasteiger partial charge on any atom is -0.488 e. The van der Waals surface area contributed by atoms with Crippen molar-refractivity contribution in [3.05, 3.63) is 22.7 Å². The van der Waals surface area contributed by atoms with Crippen molar-refractivity contribution in [2.45, 2.75) is 20.0 Å². The van der Waals surface area contributed by atoms with Gasteiger partial charge in [0.2, 0.25) is 0 Å². The van der Waals surface area contributed by atoms with Crippen LogP contribution in [0.25, 0.3) is 0 Å². The fraction of sp³-hybridized carbons (Fsp3) is 0.455. The van der Waals surface area contributed by atoms with Gasteiger partial charge >= 0.3 is 0 Å². The highest BCUT2D eigenvalue weighted by atomic mass is 79.9. The molecule has 15 heavy (non-hydrogen) atoms. The molecule has 3 nitrogen and oxygen atoms in total. The number of nitrogen functional groups attached to an aromatic ring is 1. The second-order valence-electron chi connectivity index (χ2n) is 3.43. The molecule has 1 aromatic carbocycles. The maximum absolute atomic E-state index is 5.77. The van der Waals surface area contributed by atoms with E-state index in [1.807, 2.05) is 32.0 Å². The summed E-state index contributed by atoms with van der Waals surface area (Å²) in [6.07, 6.45) is 0.227. The van der Waals surface area contributed by atoms with Crippen molar-refractivity contribution in [3.8, 4) is 5.75 Å². The summed E-state index contributed by atoms with van der Waals surface area (Å²) in [5.41, 5.74) is 6.40. The standard InChI is InChI=1S/C11H16BrNO2/c1-8(2)14-6-7-15-11-9(12)4-3-5-10(11)13/h3-5,8H,6-7,13H2,1-2H3. The predicted molar refractivity (Wildman–Crippen MR) is 65.1 cm³/mol. The van der Waals surface area contributed by atoms with Crippen LogP contribution in [0.2, 0.25) is 0 Å². The molecule has 84 valence electrons. The van der Waals surface area contributed by atoms with Crippen LogP contribution in [0, 0.1) is 0 Å². The van der Waals surface area contributed by atoms with Gasteiger partial charge in [0.25, 0.3) is 0 Å². The number of rotatable bonds is 5. The third-order valence-corrected chi connectivity index (χ3v) is 2.40. The number of nitrogens with two attached hydrogens (primary N) is 1. The van der Waals surface area contributed by atoms with E-state index in [1.54, 1.807) is 0 Å². The Morgan fingerprint density at radius 2 is 2.07 bits per heavy atom. The van der Waals surface area contributed by atoms with E-state index in [4.69, 9.17) is 15.2 Å². The van der Waals surface area contributed by atoms with Crippen LogP contribution >= 0.6 is 15.9 Å². The maximum Gasteiger partial charge on any atom is 0.156 e. The average Bonchev–Trinajstić information content (AvgIpc) is 2.15. The van der Waals surface area contributed by atoms with Crippen LogP contribution in [-0.2, 0) is 4.74 Å². The fourth-order valence-corrected chi connectivity index (χ4v) is 1.60. The lowest BCUT2D eigenvalue weighted by Crippen LogP contribution is -2.12.